The van der Waals surface area contributed by atoms with Gasteiger partial charge in [0, 0.05) is 26.6 Å². The van der Waals surface area contributed by atoms with Gasteiger partial charge in [-0.2, -0.15) is 0 Å². The lowest BCUT2D eigenvalue weighted by molar-refractivity contribution is -0.121. The van der Waals surface area contributed by atoms with Crippen LogP contribution in [-0.2, 0) is 9.53 Å². The molecule has 1 aromatic heterocycles. The molecule has 120 valence electrons. The number of aromatic nitrogens is 2. The van der Waals surface area contributed by atoms with E-state index in [1.165, 1.54) is 0 Å². The van der Waals surface area contributed by atoms with Crippen LogP contribution in [0.2, 0.25) is 0 Å². The molecule has 0 saturated carbocycles. The van der Waals surface area contributed by atoms with Gasteiger partial charge in [0.05, 0.1) is 12.6 Å². The summed E-state index contributed by atoms with van der Waals surface area (Å²) in [7, 11) is 1.59. The minimum atomic E-state index is -0.0442. The zero-order chi connectivity index (χ0) is 15.5. The number of amides is 1. The van der Waals surface area contributed by atoms with Gasteiger partial charge >= 0.3 is 6.01 Å². The summed E-state index contributed by atoms with van der Waals surface area (Å²) in [6.45, 7) is 6.43. The van der Waals surface area contributed by atoms with Gasteiger partial charge in [-0.15, -0.1) is 5.10 Å². The third kappa shape index (κ3) is 7.05. The summed E-state index contributed by atoms with van der Waals surface area (Å²) in [4.78, 5) is 11.5. The molecule has 0 saturated heterocycles. The minimum Gasteiger partial charge on any atom is -0.406 e. The number of rotatable bonds is 11. The van der Waals surface area contributed by atoms with Gasteiger partial charge < -0.3 is 25.1 Å². The Morgan fingerprint density at radius 3 is 2.86 bits per heavy atom. The first-order valence-corrected chi connectivity index (χ1v) is 7.23. The van der Waals surface area contributed by atoms with Crippen molar-refractivity contribution >= 4 is 11.9 Å². The Kier molecular flexibility index (Phi) is 8.37. The predicted octanol–water partition coefficient (Wildman–Crippen LogP) is 0.695. The van der Waals surface area contributed by atoms with Crippen LogP contribution in [0.4, 0.5) is 6.01 Å². The van der Waals surface area contributed by atoms with Crippen LogP contribution < -0.4 is 16.0 Å². The fourth-order valence-electron chi connectivity index (χ4n) is 1.59. The van der Waals surface area contributed by atoms with E-state index in [1.54, 1.807) is 7.11 Å². The maximum atomic E-state index is 11.5. The topological polar surface area (TPSA) is 101 Å². The first-order chi connectivity index (χ1) is 10.2. The van der Waals surface area contributed by atoms with Crippen molar-refractivity contribution in [3.05, 3.63) is 5.89 Å². The molecule has 0 bridgehead atoms. The molecule has 1 atom stereocenters. The largest absolute Gasteiger partial charge is 0.406 e. The van der Waals surface area contributed by atoms with E-state index in [4.69, 9.17) is 9.15 Å². The first-order valence-electron chi connectivity index (χ1n) is 7.23. The normalized spacial score (nSPS) is 12.1. The summed E-state index contributed by atoms with van der Waals surface area (Å²) in [6.07, 6.45) is 1.38. The number of ether oxygens (including phenoxy) is 1. The molecule has 1 rings (SSSR count). The molecule has 1 heterocycles. The Labute approximate surface area is 125 Å². The van der Waals surface area contributed by atoms with Crippen molar-refractivity contribution in [2.24, 2.45) is 0 Å². The van der Waals surface area contributed by atoms with Crippen molar-refractivity contribution < 1.29 is 13.9 Å². The average molecular weight is 299 g/mol. The highest BCUT2D eigenvalue weighted by atomic mass is 16.5. The van der Waals surface area contributed by atoms with E-state index in [1.807, 2.05) is 6.92 Å². The van der Waals surface area contributed by atoms with Gasteiger partial charge in [0.15, 0.2) is 0 Å². The van der Waals surface area contributed by atoms with Gasteiger partial charge in [0.1, 0.15) is 0 Å². The summed E-state index contributed by atoms with van der Waals surface area (Å²) < 4.78 is 10.3. The van der Waals surface area contributed by atoms with Crippen LogP contribution >= 0.6 is 0 Å². The fraction of sp³-hybridized carbons (Fsp3) is 0.769. The lowest BCUT2D eigenvalue weighted by atomic mass is 10.3. The summed E-state index contributed by atoms with van der Waals surface area (Å²) in [5, 5.41) is 16.8. The highest BCUT2D eigenvalue weighted by Crippen LogP contribution is 2.13. The Morgan fingerprint density at radius 1 is 1.33 bits per heavy atom. The molecule has 0 aromatic carbocycles. The molecule has 1 amide bonds. The van der Waals surface area contributed by atoms with Gasteiger partial charge in [0.25, 0.3) is 0 Å². The zero-order valence-electron chi connectivity index (χ0n) is 12.9. The van der Waals surface area contributed by atoms with Gasteiger partial charge in [-0.3, -0.25) is 4.79 Å². The van der Waals surface area contributed by atoms with Crippen molar-refractivity contribution in [2.75, 3.05) is 38.7 Å². The van der Waals surface area contributed by atoms with Crippen LogP contribution in [-0.4, -0.2) is 49.5 Å². The highest BCUT2D eigenvalue weighted by molar-refractivity contribution is 5.76. The van der Waals surface area contributed by atoms with Gasteiger partial charge in [-0.05, 0) is 19.9 Å². The van der Waals surface area contributed by atoms with Crippen molar-refractivity contribution in [3.8, 4) is 0 Å². The van der Waals surface area contributed by atoms with Crippen molar-refractivity contribution in [1.29, 1.82) is 0 Å². The number of hydrogen-bond donors (Lipinski definition) is 3. The first kappa shape index (κ1) is 17.4. The highest BCUT2D eigenvalue weighted by Gasteiger charge is 2.12. The molecule has 3 N–H and O–H groups in total. The van der Waals surface area contributed by atoms with E-state index in [-0.39, 0.29) is 11.9 Å². The van der Waals surface area contributed by atoms with Crippen LogP contribution in [0, 0.1) is 0 Å². The summed E-state index contributed by atoms with van der Waals surface area (Å²) in [5.41, 5.74) is 0. The second kappa shape index (κ2) is 10.1. The van der Waals surface area contributed by atoms with E-state index in [0.717, 1.165) is 13.0 Å². The molecule has 8 heteroatoms. The zero-order valence-corrected chi connectivity index (χ0v) is 12.9. The number of nitrogens with one attached hydrogen (secondary N) is 3. The maximum Gasteiger partial charge on any atom is 0.315 e. The third-order valence-corrected chi connectivity index (χ3v) is 2.77. The summed E-state index contributed by atoms with van der Waals surface area (Å²) in [5.74, 6) is 0.493. The number of hydrogen-bond acceptors (Lipinski definition) is 7. The fourth-order valence-corrected chi connectivity index (χ4v) is 1.59. The molecule has 0 aliphatic rings. The summed E-state index contributed by atoms with van der Waals surface area (Å²) in [6, 6.07) is 0.352. The SMILES string of the molecule is CCCNC(C)c1nnc(NCCC(=O)NCCOC)o1. The molecule has 0 aliphatic carbocycles. The third-order valence-electron chi connectivity index (χ3n) is 2.77. The Balaban J connectivity index is 2.23. The standard InChI is InChI=1S/C13H25N5O3/c1-4-6-14-10(2)12-17-18-13(21-12)16-7-5-11(19)15-8-9-20-3/h10,14H,4-9H2,1-3H3,(H,15,19)(H,16,18). The number of carbonyl (C=O) groups excluding carboxylic acids is 1. The maximum absolute atomic E-state index is 11.5. The van der Waals surface area contributed by atoms with E-state index >= 15 is 0 Å². The van der Waals surface area contributed by atoms with Crippen LogP contribution in [0.15, 0.2) is 4.42 Å². The lowest BCUT2D eigenvalue weighted by Crippen LogP contribution is -2.28. The molecule has 1 unspecified atom stereocenters. The van der Waals surface area contributed by atoms with Gasteiger partial charge in [0.2, 0.25) is 11.8 Å². The van der Waals surface area contributed by atoms with Gasteiger partial charge in [-0.1, -0.05) is 12.0 Å². The molecule has 0 radical (unpaired) electrons. The van der Waals surface area contributed by atoms with E-state index < -0.39 is 0 Å². The van der Waals surface area contributed by atoms with Crippen molar-refractivity contribution in [1.82, 2.24) is 20.8 Å². The smallest absolute Gasteiger partial charge is 0.315 e. The Hall–Kier alpha value is -1.67. The number of nitrogens with zero attached hydrogens (tertiary/aromatic N) is 2. The van der Waals surface area contributed by atoms with Crippen molar-refractivity contribution in [2.45, 2.75) is 32.7 Å². The van der Waals surface area contributed by atoms with Crippen LogP contribution in [0.5, 0.6) is 0 Å². The second-order valence-corrected chi connectivity index (χ2v) is 4.64. The Bertz CT molecular complexity index is 410. The molecule has 0 aliphatic heterocycles. The molecular weight excluding hydrogens is 274 g/mol. The molecular formula is C13H25N5O3. The van der Waals surface area contributed by atoms with E-state index in [0.29, 0.717) is 38.0 Å². The lowest BCUT2D eigenvalue weighted by Gasteiger charge is -2.07. The molecule has 0 fully saturated rings. The minimum absolute atomic E-state index is 0.0188. The number of methoxy groups -OCH3 is 1. The van der Waals surface area contributed by atoms with Gasteiger partial charge in [-0.25, -0.2) is 0 Å². The predicted molar refractivity (Wildman–Crippen MR) is 79.0 cm³/mol. The molecule has 21 heavy (non-hydrogen) atoms. The second-order valence-electron chi connectivity index (χ2n) is 4.64. The number of carbonyl (C=O) groups is 1. The van der Waals surface area contributed by atoms with Crippen LogP contribution in [0.1, 0.15) is 38.6 Å². The molecule has 8 nitrogen and oxygen atoms in total. The van der Waals surface area contributed by atoms with E-state index in [2.05, 4.69) is 33.1 Å². The average Bonchev–Trinajstić information content (AvgIpc) is 2.94. The quantitative estimate of drug-likeness (QED) is 0.517. The monoisotopic (exact) mass is 299 g/mol. The summed E-state index contributed by atoms with van der Waals surface area (Å²) >= 11 is 0. The van der Waals surface area contributed by atoms with Crippen LogP contribution in [0.3, 0.4) is 0 Å². The Morgan fingerprint density at radius 2 is 2.14 bits per heavy atom. The van der Waals surface area contributed by atoms with Crippen LogP contribution in [0.25, 0.3) is 0 Å². The number of anilines is 1. The van der Waals surface area contributed by atoms with E-state index in [9.17, 15) is 4.79 Å². The van der Waals surface area contributed by atoms with Crippen molar-refractivity contribution in [3.63, 3.8) is 0 Å². The molecule has 1 aromatic rings. The molecule has 0 spiro atoms.